The minimum Gasteiger partial charge on any atom is -0.477 e. The third-order valence-corrected chi connectivity index (χ3v) is 3.31. The monoisotopic (exact) mass is 370 g/mol. The molecule has 1 aromatic carbocycles. The number of hydrogen-bond acceptors (Lipinski definition) is 6. The fourth-order valence-electron chi connectivity index (χ4n) is 2.07. The van der Waals surface area contributed by atoms with Crippen molar-refractivity contribution in [3.63, 3.8) is 0 Å². The van der Waals surface area contributed by atoms with Crippen molar-refractivity contribution < 1.29 is 29.6 Å². The molecule has 4 N–H and O–H groups in total. The zero-order valence-corrected chi connectivity index (χ0v) is 14.3. The molecule has 0 aliphatic rings. The van der Waals surface area contributed by atoms with Crippen molar-refractivity contribution in [3.8, 4) is 11.8 Å². The van der Waals surface area contributed by atoms with Gasteiger partial charge in [0.1, 0.15) is 11.4 Å². The summed E-state index contributed by atoms with van der Waals surface area (Å²) in [6, 6.07) is 9.67. The number of ether oxygens (including phenoxy) is 1. The van der Waals surface area contributed by atoms with Gasteiger partial charge < -0.3 is 25.4 Å². The van der Waals surface area contributed by atoms with Gasteiger partial charge in [0.2, 0.25) is 0 Å². The number of carboxylic acids is 2. The van der Waals surface area contributed by atoms with E-state index in [1.54, 1.807) is 12.1 Å². The summed E-state index contributed by atoms with van der Waals surface area (Å²) in [7, 11) is 0. The van der Waals surface area contributed by atoms with Crippen LogP contribution in [0.4, 0.5) is 5.69 Å². The molecule has 0 atom stereocenters. The summed E-state index contributed by atoms with van der Waals surface area (Å²) in [5, 5.41) is 29.8. The van der Waals surface area contributed by atoms with Gasteiger partial charge in [0.25, 0.3) is 0 Å². The average Bonchev–Trinajstić information content (AvgIpc) is 2.66. The second-order valence-electron chi connectivity index (χ2n) is 5.33. The van der Waals surface area contributed by atoms with Crippen LogP contribution in [0, 0.1) is 11.8 Å². The number of pyridine rings is 1. The van der Waals surface area contributed by atoms with Gasteiger partial charge in [-0.25, -0.2) is 14.6 Å². The highest BCUT2D eigenvalue weighted by molar-refractivity contribution is 5.90. The Kier molecular flexibility index (Phi) is 7.31. The van der Waals surface area contributed by atoms with E-state index in [2.05, 4.69) is 22.1 Å². The molecule has 0 saturated carbocycles. The fraction of sp³-hybridized carbons (Fsp3) is 0.211. The molecular formula is C19H18N2O6. The lowest BCUT2D eigenvalue weighted by molar-refractivity contribution is 0.0685. The van der Waals surface area contributed by atoms with E-state index in [0.717, 1.165) is 5.69 Å². The number of benzene rings is 1. The summed E-state index contributed by atoms with van der Waals surface area (Å²) < 4.78 is 5.15. The quantitative estimate of drug-likeness (QED) is 0.404. The molecule has 27 heavy (non-hydrogen) atoms. The molecule has 140 valence electrons. The predicted molar refractivity (Wildman–Crippen MR) is 97.0 cm³/mol. The number of aromatic nitrogens is 1. The van der Waals surface area contributed by atoms with Gasteiger partial charge in [-0.3, -0.25) is 0 Å². The first-order chi connectivity index (χ1) is 13.0. The van der Waals surface area contributed by atoms with Gasteiger partial charge in [-0.05, 0) is 36.4 Å². The number of carbonyl (C=O) groups is 2. The van der Waals surface area contributed by atoms with Crippen molar-refractivity contribution in [2.75, 3.05) is 31.7 Å². The standard InChI is InChI=1S/C19H18N2O6/c22-8-10-27-9-7-20-15-5-3-13(4-6-15)1-2-14-11-16(18(23)24)21-17(12-14)19(25)26/h3-6,11-12,20,22H,7-10H2,(H,23,24)(H,25,26). The first-order valence-electron chi connectivity index (χ1n) is 8.03. The van der Waals surface area contributed by atoms with E-state index in [4.69, 9.17) is 20.1 Å². The van der Waals surface area contributed by atoms with Crippen LogP contribution in [0.25, 0.3) is 0 Å². The van der Waals surface area contributed by atoms with Crippen LogP contribution in [0.5, 0.6) is 0 Å². The zero-order chi connectivity index (χ0) is 19.6. The van der Waals surface area contributed by atoms with Gasteiger partial charge >= 0.3 is 11.9 Å². The Balaban J connectivity index is 2.06. The number of hydrogen-bond donors (Lipinski definition) is 4. The average molecular weight is 370 g/mol. The van der Waals surface area contributed by atoms with E-state index < -0.39 is 11.9 Å². The Morgan fingerprint density at radius 2 is 1.56 bits per heavy atom. The smallest absolute Gasteiger partial charge is 0.354 e. The first-order valence-corrected chi connectivity index (χ1v) is 8.03. The van der Waals surface area contributed by atoms with Gasteiger partial charge in [-0.15, -0.1) is 0 Å². The van der Waals surface area contributed by atoms with Gasteiger partial charge in [-0.1, -0.05) is 11.8 Å². The maximum Gasteiger partial charge on any atom is 0.354 e. The highest BCUT2D eigenvalue weighted by atomic mass is 16.5. The lowest BCUT2D eigenvalue weighted by Crippen LogP contribution is -2.11. The van der Waals surface area contributed by atoms with Crippen molar-refractivity contribution in [3.05, 3.63) is 58.9 Å². The molecule has 0 radical (unpaired) electrons. The van der Waals surface area contributed by atoms with E-state index >= 15 is 0 Å². The van der Waals surface area contributed by atoms with Crippen LogP contribution in [0.3, 0.4) is 0 Å². The van der Waals surface area contributed by atoms with E-state index in [1.165, 1.54) is 12.1 Å². The zero-order valence-electron chi connectivity index (χ0n) is 14.3. The highest BCUT2D eigenvalue weighted by Gasteiger charge is 2.12. The van der Waals surface area contributed by atoms with Gasteiger partial charge in [0, 0.05) is 23.4 Å². The molecule has 0 unspecified atom stereocenters. The maximum absolute atomic E-state index is 11.1. The summed E-state index contributed by atoms with van der Waals surface area (Å²) in [5.74, 6) is 2.98. The van der Waals surface area contributed by atoms with Crippen molar-refractivity contribution in [2.45, 2.75) is 0 Å². The second-order valence-corrected chi connectivity index (χ2v) is 5.33. The number of aliphatic hydroxyl groups is 1. The minimum absolute atomic E-state index is 0.00718. The third kappa shape index (κ3) is 6.43. The van der Waals surface area contributed by atoms with Crippen LogP contribution in [0.2, 0.25) is 0 Å². The molecule has 1 aromatic heterocycles. The lowest BCUT2D eigenvalue weighted by atomic mass is 10.1. The summed E-state index contributed by atoms with van der Waals surface area (Å²) in [5.41, 5.74) is 1.06. The van der Waals surface area contributed by atoms with Crippen LogP contribution in [0.15, 0.2) is 36.4 Å². The lowest BCUT2D eigenvalue weighted by Gasteiger charge is -2.06. The normalized spacial score (nSPS) is 9.96. The Bertz CT molecular complexity index is 836. The molecule has 8 heteroatoms. The summed E-state index contributed by atoms with van der Waals surface area (Å²) >= 11 is 0. The molecule has 0 bridgehead atoms. The number of carboxylic acid groups (broad SMARTS) is 2. The Morgan fingerprint density at radius 1 is 0.963 bits per heavy atom. The SMILES string of the molecule is O=C(O)c1cc(C#Cc2ccc(NCCOCCO)cc2)cc(C(=O)O)n1. The second kappa shape index (κ2) is 9.91. The van der Waals surface area contributed by atoms with Crippen molar-refractivity contribution >= 4 is 17.6 Å². The number of anilines is 1. The van der Waals surface area contributed by atoms with E-state index in [9.17, 15) is 9.59 Å². The Morgan fingerprint density at radius 3 is 2.11 bits per heavy atom. The fourth-order valence-corrected chi connectivity index (χ4v) is 2.07. The maximum atomic E-state index is 11.1. The number of nitrogens with zero attached hydrogens (tertiary/aromatic N) is 1. The Hall–Kier alpha value is -3.41. The third-order valence-electron chi connectivity index (χ3n) is 3.31. The van der Waals surface area contributed by atoms with Gasteiger partial charge in [0.05, 0.1) is 19.8 Å². The van der Waals surface area contributed by atoms with Crippen molar-refractivity contribution in [1.82, 2.24) is 4.98 Å². The minimum atomic E-state index is -1.32. The van der Waals surface area contributed by atoms with Crippen LogP contribution >= 0.6 is 0 Å². The number of rotatable bonds is 8. The largest absolute Gasteiger partial charge is 0.477 e. The Labute approximate surface area is 155 Å². The van der Waals surface area contributed by atoms with Crippen LogP contribution in [-0.4, -0.2) is 58.6 Å². The molecule has 0 saturated heterocycles. The number of nitrogens with one attached hydrogen (secondary N) is 1. The van der Waals surface area contributed by atoms with Crippen molar-refractivity contribution in [1.29, 1.82) is 0 Å². The van der Waals surface area contributed by atoms with E-state index in [-0.39, 0.29) is 23.6 Å². The molecule has 0 aliphatic heterocycles. The van der Waals surface area contributed by atoms with Crippen LogP contribution in [-0.2, 0) is 4.74 Å². The number of aromatic carboxylic acids is 2. The first kappa shape index (κ1) is 19.9. The van der Waals surface area contributed by atoms with Crippen LogP contribution < -0.4 is 5.32 Å². The highest BCUT2D eigenvalue weighted by Crippen LogP contribution is 2.10. The summed E-state index contributed by atoms with van der Waals surface area (Å²) in [6.45, 7) is 1.37. The van der Waals surface area contributed by atoms with Crippen molar-refractivity contribution in [2.24, 2.45) is 0 Å². The topological polar surface area (TPSA) is 129 Å². The summed E-state index contributed by atoms with van der Waals surface area (Å²) in [6.07, 6.45) is 0. The molecule has 1 heterocycles. The molecule has 0 aliphatic carbocycles. The van der Waals surface area contributed by atoms with E-state index in [0.29, 0.717) is 25.3 Å². The predicted octanol–water partition coefficient (Wildman–Crippen LogP) is 1.30. The molecule has 2 rings (SSSR count). The van der Waals surface area contributed by atoms with E-state index in [1.807, 2.05) is 12.1 Å². The molecule has 2 aromatic rings. The molecule has 8 nitrogen and oxygen atoms in total. The van der Waals surface area contributed by atoms with Gasteiger partial charge in [0.15, 0.2) is 0 Å². The molecule has 0 spiro atoms. The molecule has 0 fully saturated rings. The molecule has 0 amide bonds. The molecular weight excluding hydrogens is 352 g/mol. The number of aliphatic hydroxyl groups excluding tert-OH is 1. The van der Waals surface area contributed by atoms with Gasteiger partial charge in [-0.2, -0.15) is 0 Å². The van der Waals surface area contributed by atoms with Crippen LogP contribution in [0.1, 0.15) is 32.1 Å². The summed E-state index contributed by atoms with van der Waals surface area (Å²) in [4.78, 5) is 25.7.